The van der Waals surface area contributed by atoms with Gasteiger partial charge in [0, 0.05) is 32.4 Å². The Morgan fingerprint density at radius 2 is 2.00 bits per heavy atom. The average molecular weight is 328 g/mol. The first-order valence-electron chi connectivity index (χ1n) is 6.86. The van der Waals surface area contributed by atoms with E-state index in [1.807, 2.05) is 0 Å². The van der Waals surface area contributed by atoms with Gasteiger partial charge in [0.25, 0.3) is 0 Å². The first-order chi connectivity index (χ1) is 9.93. The van der Waals surface area contributed by atoms with Crippen LogP contribution in [0.1, 0.15) is 18.4 Å². The van der Waals surface area contributed by atoms with Crippen molar-refractivity contribution in [3.63, 3.8) is 0 Å². The first kappa shape index (κ1) is 16.4. The van der Waals surface area contributed by atoms with Gasteiger partial charge in [-0.25, -0.2) is 12.7 Å². The minimum atomic E-state index is -3.59. The number of nitrogens with zero attached hydrogens (tertiary/aromatic N) is 1. The highest BCUT2D eigenvalue weighted by Gasteiger charge is 2.27. The van der Waals surface area contributed by atoms with E-state index in [4.69, 9.17) is 22.7 Å². The molecule has 116 valence electrons. The monoisotopic (exact) mass is 328 g/mol. The van der Waals surface area contributed by atoms with E-state index in [1.165, 1.54) is 4.31 Å². The van der Waals surface area contributed by atoms with E-state index in [9.17, 15) is 8.42 Å². The smallest absolute Gasteiger partial charge is 0.243 e. The summed E-state index contributed by atoms with van der Waals surface area (Å²) in [6, 6.07) is 6.59. The van der Waals surface area contributed by atoms with Crippen molar-refractivity contribution in [2.45, 2.75) is 17.7 Å². The van der Waals surface area contributed by atoms with Gasteiger partial charge < -0.3 is 10.5 Å². The Labute approximate surface area is 131 Å². The van der Waals surface area contributed by atoms with Gasteiger partial charge in [-0.2, -0.15) is 0 Å². The van der Waals surface area contributed by atoms with Gasteiger partial charge in [0.05, 0.1) is 4.90 Å². The highest BCUT2D eigenvalue weighted by molar-refractivity contribution is 7.89. The van der Waals surface area contributed by atoms with E-state index in [0.29, 0.717) is 31.2 Å². The Morgan fingerprint density at radius 1 is 1.38 bits per heavy atom. The fourth-order valence-electron chi connectivity index (χ4n) is 2.45. The summed E-state index contributed by atoms with van der Waals surface area (Å²) in [5.41, 5.74) is 6.02. The van der Waals surface area contributed by atoms with Gasteiger partial charge in [0.15, 0.2) is 0 Å². The van der Waals surface area contributed by atoms with E-state index >= 15 is 0 Å². The fourth-order valence-corrected chi connectivity index (χ4v) is 4.15. The molecule has 1 aliphatic heterocycles. The quantitative estimate of drug-likeness (QED) is 0.827. The summed E-state index contributed by atoms with van der Waals surface area (Å²) in [6.45, 7) is 1.88. The number of benzene rings is 1. The van der Waals surface area contributed by atoms with Crippen LogP contribution < -0.4 is 5.73 Å². The second-order valence-electron chi connectivity index (χ2n) is 5.20. The molecule has 2 N–H and O–H groups in total. The minimum absolute atomic E-state index is 0.0913. The molecule has 1 aromatic carbocycles. The van der Waals surface area contributed by atoms with E-state index in [-0.39, 0.29) is 9.88 Å². The van der Waals surface area contributed by atoms with Crippen LogP contribution in [0.5, 0.6) is 0 Å². The third-order valence-corrected chi connectivity index (χ3v) is 5.80. The zero-order valence-electron chi connectivity index (χ0n) is 12.0. The molecule has 0 amide bonds. The van der Waals surface area contributed by atoms with Crippen LogP contribution in [0.4, 0.5) is 0 Å². The van der Waals surface area contributed by atoms with Crippen molar-refractivity contribution >= 4 is 27.2 Å². The molecule has 1 fully saturated rings. The Hall–Kier alpha value is -1.02. The molecule has 0 radical (unpaired) electrons. The predicted molar refractivity (Wildman–Crippen MR) is 85.7 cm³/mol. The lowest BCUT2D eigenvalue weighted by Crippen LogP contribution is -2.35. The number of nitrogens with two attached hydrogens (primary N) is 1. The van der Waals surface area contributed by atoms with E-state index in [2.05, 4.69) is 0 Å². The first-order valence-corrected chi connectivity index (χ1v) is 8.70. The van der Waals surface area contributed by atoms with Gasteiger partial charge in [-0.15, -0.1) is 0 Å². The zero-order chi connectivity index (χ0) is 15.5. The molecule has 2 rings (SSSR count). The van der Waals surface area contributed by atoms with Crippen molar-refractivity contribution in [3.05, 3.63) is 29.8 Å². The molecule has 0 bridgehead atoms. The van der Waals surface area contributed by atoms with Gasteiger partial charge in [-0.1, -0.05) is 30.4 Å². The number of rotatable bonds is 5. The summed E-state index contributed by atoms with van der Waals surface area (Å²) in [5, 5.41) is 0. The van der Waals surface area contributed by atoms with Crippen LogP contribution in [0.2, 0.25) is 0 Å². The standard InChI is InChI=1S/C14H20N2O3S2/c1-16(10-11-6-8-19-9-7-11)21(17,18)13-5-3-2-4-12(13)14(15)20/h2-5,11H,6-10H2,1H3,(H2,15,20). The molecule has 21 heavy (non-hydrogen) atoms. The molecular weight excluding hydrogens is 308 g/mol. The maximum absolute atomic E-state index is 12.7. The second-order valence-corrected chi connectivity index (χ2v) is 7.65. The molecule has 1 saturated heterocycles. The molecule has 0 aliphatic carbocycles. The van der Waals surface area contributed by atoms with Crippen LogP contribution in [0.15, 0.2) is 29.2 Å². The molecule has 1 aromatic rings. The lowest BCUT2D eigenvalue weighted by atomic mass is 10.0. The number of ether oxygens (including phenoxy) is 1. The van der Waals surface area contributed by atoms with Gasteiger partial charge in [-0.05, 0) is 24.8 Å². The lowest BCUT2D eigenvalue weighted by molar-refractivity contribution is 0.0620. The van der Waals surface area contributed by atoms with Crippen LogP contribution in [0.25, 0.3) is 0 Å². The maximum atomic E-state index is 12.7. The highest BCUT2D eigenvalue weighted by Crippen LogP contribution is 2.22. The molecule has 0 saturated carbocycles. The summed E-state index contributed by atoms with van der Waals surface area (Å²) in [6.07, 6.45) is 1.77. The molecular formula is C14H20N2O3S2. The highest BCUT2D eigenvalue weighted by atomic mass is 32.2. The number of hydrogen-bond acceptors (Lipinski definition) is 4. The van der Waals surface area contributed by atoms with Gasteiger partial charge in [-0.3, -0.25) is 0 Å². The molecule has 0 aromatic heterocycles. The largest absolute Gasteiger partial charge is 0.389 e. The van der Waals surface area contributed by atoms with Crippen LogP contribution in [0.3, 0.4) is 0 Å². The Balaban J connectivity index is 2.22. The van der Waals surface area contributed by atoms with Crippen LogP contribution in [-0.4, -0.2) is 44.5 Å². The lowest BCUT2D eigenvalue weighted by Gasteiger charge is -2.27. The maximum Gasteiger partial charge on any atom is 0.243 e. The summed E-state index contributed by atoms with van der Waals surface area (Å²) in [5.74, 6) is 0.329. The van der Waals surface area contributed by atoms with Gasteiger partial charge >= 0.3 is 0 Å². The predicted octanol–water partition coefficient (Wildman–Crippen LogP) is 1.37. The molecule has 0 atom stereocenters. The number of sulfonamides is 1. The molecule has 5 nitrogen and oxygen atoms in total. The molecule has 1 heterocycles. The normalized spacial score (nSPS) is 17.0. The van der Waals surface area contributed by atoms with Crippen molar-refractivity contribution < 1.29 is 13.2 Å². The van der Waals surface area contributed by atoms with Crippen molar-refractivity contribution in [1.29, 1.82) is 0 Å². The second kappa shape index (κ2) is 6.83. The molecule has 1 aliphatic rings. The van der Waals surface area contributed by atoms with Crippen molar-refractivity contribution in [2.24, 2.45) is 11.7 Å². The zero-order valence-corrected chi connectivity index (χ0v) is 13.6. The van der Waals surface area contributed by atoms with E-state index in [1.54, 1.807) is 31.3 Å². The van der Waals surface area contributed by atoms with Gasteiger partial charge in [0.2, 0.25) is 10.0 Å². The molecule has 0 spiro atoms. The summed E-state index contributed by atoms with van der Waals surface area (Å²) < 4.78 is 32.1. The fraction of sp³-hybridized carbons (Fsp3) is 0.500. The van der Waals surface area contributed by atoms with Crippen LogP contribution in [-0.2, 0) is 14.8 Å². The third kappa shape index (κ3) is 3.79. The Morgan fingerprint density at radius 3 is 2.62 bits per heavy atom. The van der Waals surface area contributed by atoms with E-state index in [0.717, 1.165) is 12.8 Å². The van der Waals surface area contributed by atoms with Crippen LogP contribution >= 0.6 is 12.2 Å². The average Bonchev–Trinajstić information content (AvgIpc) is 2.48. The molecule has 7 heteroatoms. The topological polar surface area (TPSA) is 72.6 Å². The molecule has 0 unspecified atom stereocenters. The summed E-state index contributed by atoms with van der Waals surface area (Å²) in [4.78, 5) is 0.265. The van der Waals surface area contributed by atoms with Crippen molar-refractivity contribution in [1.82, 2.24) is 4.31 Å². The third-order valence-electron chi connectivity index (χ3n) is 3.70. The van der Waals surface area contributed by atoms with Crippen molar-refractivity contribution in [2.75, 3.05) is 26.8 Å². The Kier molecular flexibility index (Phi) is 5.32. The summed E-state index contributed by atoms with van der Waals surface area (Å²) >= 11 is 4.94. The van der Waals surface area contributed by atoms with Gasteiger partial charge in [0.1, 0.15) is 4.99 Å². The summed E-state index contributed by atoms with van der Waals surface area (Å²) in [7, 11) is -1.99. The SMILES string of the molecule is CN(CC1CCOCC1)S(=O)(=O)c1ccccc1C(N)=S. The number of hydrogen-bond donors (Lipinski definition) is 1. The van der Waals surface area contributed by atoms with E-state index < -0.39 is 10.0 Å². The number of thiocarbonyl (C=S) groups is 1. The van der Waals surface area contributed by atoms with Crippen LogP contribution in [0, 0.1) is 5.92 Å². The minimum Gasteiger partial charge on any atom is -0.389 e. The van der Waals surface area contributed by atoms with Crippen molar-refractivity contribution in [3.8, 4) is 0 Å². The Bertz CT molecular complexity index is 610.